The van der Waals surface area contributed by atoms with E-state index in [9.17, 15) is 4.39 Å². The average Bonchev–Trinajstić information content (AvgIpc) is 2.57. The summed E-state index contributed by atoms with van der Waals surface area (Å²) in [6.45, 7) is 0. The van der Waals surface area contributed by atoms with E-state index in [4.69, 9.17) is 16.9 Å². The lowest BCUT2D eigenvalue weighted by molar-refractivity contribution is 0.637. The number of para-hydroxylation sites is 1. The van der Waals surface area contributed by atoms with E-state index in [1.54, 1.807) is 6.07 Å². The maximum Gasteiger partial charge on any atom is 0.190 e. The number of halogens is 2. The first-order valence-electron chi connectivity index (χ1n) is 3.90. The van der Waals surface area contributed by atoms with Crippen molar-refractivity contribution in [2.24, 2.45) is 0 Å². The molecule has 14 heavy (non-hydrogen) atoms. The largest absolute Gasteiger partial charge is 0.231 e. The predicted molar refractivity (Wildman–Crippen MR) is 50.3 cm³/mol. The van der Waals surface area contributed by atoms with Gasteiger partial charge in [0.1, 0.15) is 11.3 Å². The van der Waals surface area contributed by atoms with Gasteiger partial charge < -0.3 is 0 Å². The van der Waals surface area contributed by atoms with Gasteiger partial charge in [-0.2, -0.15) is 5.26 Å². The van der Waals surface area contributed by atoms with Crippen LogP contribution in [0.15, 0.2) is 18.2 Å². The van der Waals surface area contributed by atoms with Crippen LogP contribution in [0, 0.1) is 17.3 Å². The van der Waals surface area contributed by atoms with Gasteiger partial charge in [0, 0.05) is 0 Å². The van der Waals surface area contributed by atoms with Crippen molar-refractivity contribution < 1.29 is 4.39 Å². The smallest absolute Gasteiger partial charge is 0.190 e. The van der Waals surface area contributed by atoms with Gasteiger partial charge in [-0.05, 0) is 12.1 Å². The Morgan fingerprint density at radius 1 is 1.57 bits per heavy atom. The summed E-state index contributed by atoms with van der Waals surface area (Å²) >= 11 is 5.58. The average molecular weight is 210 g/mol. The summed E-state index contributed by atoms with van der Waals surface area (Å²) in [5, 5.41) is 8.82. The highest BCUT2D eigenvalue weighted by Crippen LogP contribution is 2.19. The summed E-state index contributed by atoms with van der Waals surface area (Å²) in [5.74, 6) is -0.000988. The molecule has 0 spiro atoms. The standard InChI is InChI=1S/C9H5ClFN3/c10-4-8-13-9-6(11)2-1-3-7(9)14(8)5-12/h1-3H,4H2. The third-order valence-electron chi connectivity index (χ3n) is 1.92. The molecule has 3 nitrogen and oxygen atoms in total. The van der Waals surface area contributed by atoms with Gasteiger partial charge in [-0.1, -0.05) is 6.07 Å². The summed E-state index contributed by atoms with van der Waals surface area (Å²) < 4.78 is 14.5. The Labute approximate surface area is 84.3 Å². The summed E-state index contributed by atoms with van der Waals surface area (Å²) in [6, 6.07) is 4.46. The van der Waals surface area contributed by atoms with Crippen LogP contribution >= 0.6 is 11.6 Å². The van der Waals surface area contributed by atoms with Crippen LogP contribution in [0.2, 0.25) is 0 Å². The first-order chi connectivity index (χ1) is 6.77. The van der Waals surface area contributed by atoms with Gasteiger partial charge in [-0.15, -0.1) is 11.6 Å². The second kappa shape index (κ2) is 3.28. The van der Waals surface area contributed by atoms with E-state index >= 15 is 0 Å². The number of fused-ring (bicyclic) bond motifs is 1. The number of rotatable bonds is 1. The number of hydrogen-bond acceptors (Lipinski definition) is 2. The van der Waals surface area contributed by atoms with Gasteiger partial charge in [0.15, 0.2) is 12.0 Å². The highest BCUT2D eigenvalue weighted by atomic mass is 35.5. The number of hydrogen-bond donors (Lipinski definition) is 0. The fourth-order valence-electron chi connectivity index (χ4n) is 1.31. The number of alkyl halides is 1. The Hall–Kier alpha value is -1.60. The number of nitriles is 1. The first-order valence-corrected chi connectivity index (χ1v) is 4.43. The van der Waals surface area contributed by atoms with Gasteiger partial charge in [0.25, 0.3) is 0 Å². The minimum atomic E-state index is -0.442. The SMILES string of the molecule is N#Cn1c(CCl)nc2c(F)cccc21. The van der Waals surface area contributed by atoms with Crippen molar-refractivity contribution in [3.05, 3.63) is 29.8 Å². The molecule has 0 bridgehead atoms. The summed E-state index contributed by atoms with van der Waals surface area (Å²) in [6.07, 6.45) is 1.90. The molecule has 0 aliphatic carbocycles. The molecule has 1 aromatic heterocycles. The summed E-state index contributed by atoms with van der Waals surface area (Å²) in [7, 11) is 0. The molecular weight excluding hydrogens is 205 g/mol. The molecule has 0 radical (unpaired) electrons. The van der Waals surface area contributed by atoms with Crippen LogP contribution in [0.4, 0.5) is 4.39 Å². The highest BCUT2D eigenvalue weighted by Gasteiger charge is 2.11. The second-order valence-corrected chi connectivity index (χ2v) is 2.97. The molecule has 1 aromatic carbocycles. The third-order valence-corrected chi connectivity index (χ3v) is 2.16. The Kier molecular flexibility index (Phi) is 2.10. The van der Waals surface area contributed by atoms with Gasteiger partial charge >= 0.3 is 0 Å². The van der Waals surface area contributed by atoms with E-state index in [2.05, 4.69) is 4.98 Å². The second-order valence-electron chi connectivity index (χ2n) is 2.70. The lowest BCUT2D eigenvalue weighted by Crippen LogP contribution is -1.93. The molecule has 0 aliphatic rings. The summed E-state index contributed by atoms with van der Waals surface area (Å²) in [5.41, 5.74) is 0.632. The molecular formula is C9H5ClFN3. The quantitative estimate of drug-likeness (QED) is 0.676. The van der Waals surface area contributed by atoms with Crippen LogP contribution in [0.3, 0.4) is 0 Å². The topological polar surface area (TPSA) is 41.6 Å². The predicted octanol–water partition coefficient (Wildman–Crippen LogP) is 2.24. The van der Waals surface area contributed by atoms with Crippen molar-refractivity contribution in [3.8, 4) is 6.19 Å². The van der Waals surface area contributed by atoms with Crippen LogP contribution in [0.5, 0.6) is 0 Å². The first kappa shape index (κ1) is 8.97. The molecule has 0 N–H and O–H groups in total. The Balaban J connectivity index is 2.88. The number of nitrogens with zero attached hydrogens (tertiary/aromatic N) is 3. The molecule has 0 unspecified atom stereocenters. The zero-order valence-electron chi connectivity index (χ0n) is 7.04. The van der Waals surface area contributed by atoms with E-state index in [-0.39, 0.29) is 11.4 Å². The molecule has 0 fully saturated rings. The molecule has 70 valence electrons. The van der Waals surface area contributed by atoms with E-state index in [0.717, 1.165) is 0 Å². The molecule has 0 aliphatic heterocycles. The van der Waals surface area contributed by atoms with Gasteiger partial charge in [-0.3, -0.25) is 0 Å². The molecule has 0 amide bonds. The fraction of sp³-hybridized carbons (Fsp3) is 0.111. The lowest BCUT2D eigenvalue weighted by atomic mass is 10.3. The van der Waals surface area contributed by atoms with Gasteiger partial charge in [-0.25, -0.2) is 13.9 Å². The maximum atomic E-state index is 13.2. The van der Waals surface area contributed by atoms with Crippen LogP contribution in [-0.4, -0.2) is 9.55 Å². The van der Waals surface area contributed by atoms with Crippen molar-refractivity contribution in [1.82, 2.24) is 9.55 Å². The molecule has 0 saturated carbocycles. The fourth-order valence-corrected chi connectivity index (χ4v) is 1.49. The van der Waals surface area contributed by atoms with E-state index in [1.807, 2.05) is 6.19 Å². The minimum absolute atomic E-state index is 0.0850. The van der Waals surface area contributed by atoms with Crippen LogP contribution in [0.1, 0.15) is 5.82 Å². The van der Waals surface area contributed by atoms with Crippen molar-refractivity contribution in [3.63, 3.8) is 0 Å². The van der Waals surface area contributed by atoms with Crippen LogP contribution in [0.25, 0.3) is 11.0 Å². The monoisotopic (exact) mass is 209 g/mol. The lowest BCUT2D eigenvalue weighted by Gasteiger charge is -1.93. The zero-order chi connectivity index (χ0) is 10.1. The van der Waals surface area contributed by atoms with Gasteiger partial charge in [0.2, 0.25) is 0 Å². The third kappa shape index (κ3) is 1.14. The van der Waals surface area contributed by atoms with Crippen LogP contribution < -0.4 is 0 Å². The molecule has 2 aromatic rings. The molecule has 2 rings (SSSR count). The van der Waals surface area contributed by atoms with E-state index in [1.165, 1.54) is 16.7 Å². The Morgan fingerprint density at radius 3 is 3.00 bits per heavy atom. The molecule has 5 heteroatoms. The zero-order valence-corrected chi connectivity index (χ0v) is 7.79. The Morgan fingerprint density at radius 2 is 2.36 bits per heavy atom. The maximum absolute atomic E-state index is 13.2. The van der Waals surface area contributed by atoms with Crippen molar-refractivity contribution >= 4 is 22.6 Å². The number of benzene rings is 1. The number of aromatic nitrogens is 2. The van der Waals surface area contributed by atoms with Crippen LogP contribution in [-0.2, 0) is 5.88 Å². The number of imidazole rings is 1. The molecule has 1 heterocycles. The molecule has 0 atom stereocenters. The minimum Gasteiger partial charge on any atom is -0.231 e. The molecule has 0 saturated heterocycles. The van der Waals surface area contributed by atoms with Crippen molar-refractivity contribution in [1.29, 1.82) is 5.26 Å². The Bertz CT molecular complexity index is 527. The van der Waals surface area contributed by atoms with E-state index in [0.29, 0.717) is 11.3 Å². The van der Waals surface area contributed by atoms with E-state index < -0.39 is 5.82 Å². The summed E-state index contributed by atoms with van der Waals surface area (Å²) in [4.78, 5) is 3.94. The van der Waals surface area contributed by atoms with Gasteiger partial charge in [0.05, 0.1) is 11.4 Å². The normalized spacial score (nSPS) is 10.4. The highest BCUT2D eigenvalue weighted by molar-refractivity contribution is 6.16. The van der Waals surface area contributed by atoms with Crippen molar-refractivity contribution in [2.45, 2.75) is 5.88 Å². The van der Waals surface area contributed by atoms with Crippen molar-refractivity contribution in [2.75, 3.05) is 0 Å².